The molecule has 0 N–H and O–H groups in total. The van der Waals surface area contributed by atoms with Gasteiger partial charge in [0, 0.05) is 17.4 Å². The van der Waals surface area contributed by atoms with Crippen LogP contribution in [0.5, 0.6) is 0 Å². The van der Waals surface area contributed by atoms with Crippen LogP contribution in [0.15, 0.2) is 12.2 Å². The average Bonchev–Trinajstić information content (AvgIpc) is 3.14. The highest BCUT2D eigenvalue weighted by Crippen LogP contribution is 2.64. The van der Waals surface area contributed by atoms with Gasteiger partial charge in [0.25, 0.3) is 0 Å². The molecule has 5 unspecified atom stereocenters. The van der Waals surface area contributed by atoms with E-state index in [0.717, 1.165) is 25.7 Å². The van der Waals surface area contributed by atoms with E-state index < -0.39 is 0 Å². The summed E-state index contributed by atoms with van der Waals surface area (Å²) in [4.78, 5) is 24.2. The molecule has 0 radical (unpaired) electrons. The van der Waals surface area contributed by atoms with Gasteiger partial charge in [0.1, 0.15) is 11.7 Å². The number of carbonyl (C=O) groups excluding carboxylic acids is 2. The Morgan fingerprint density at radius 3 is 2.71 bits per heavy atom. The van der Waals surface area contributed by atoms with Crippen LogP contribution in [-0.4, -0.2) is 23.6 Å². The number of ether oxygens (including phenoxy) is 2. The van der Waals surface area contributed by atoms with Crippen LogP contribution in [0.25, 0.3) is 0 Å². The molecular weight excluding hydrogens is 268 g/mol. The number of fused-ring (bicyclic) bond motifs is 6. The Morgan fingerprint density at radius 2 is 2.05 bits per heavy atom. The Kier molecular flexibility index (Phi) is 2.76. The summed E-state index contributed by atoms with van der Waals surface area (Å²) in [5, 5.41) is 0. The summed E-state index contributed by atoms with van der Waals surface area (Å²) in [6, 6.07) is 0. The van der Waals surface area contributed by atoms with Gasteiger partial charge in [0.15, 0.2) is 0 Å². The van der Waals surface area contributed by atoms with E-state index in [4.69, 9.17) is 9.47 Å². The van der Waals surface area contributed by atoms with Crippen LogP contribution in [0.4, 0.5) is 0 Å². The van der Waals surface area contributed by atoms with Crippen LogP contribution in [0.3, 0.4) is 0 Å². The quantitative estimate of drug-likeness (QED) is 0.579. The van der Waals surface area contributed by atoms with E-state index >= 15 is 0 Å². The van der Waals surface area contributed by atoms with Gasteiger partial charge in [-0.3, -0.25) is 4.79 Å². The minimum absolute atomic E-state index is 0.0366. The van der Waals surface area contributed by atoms with Crippen molar-refractivity contribution in [3.63, 3.8) is 0 Å². The number of hydrogen-bond acceptors (Lipinski definition) is 4. The van der Waals surface area contributed by atoms with E-state index in [-0.39, 0.29) is 35.5 Å². The van der Waals surface area contributed by atoms with Crippen molar-refractivity contribution < 1.29 is 19.1 Å². The minimum Gasteiger partial charge on any atom is -0.459 e. The van der Waals surface area contributed by atoms with Crippen molar-refractivity contribution >= 4 is 11.9 Å². The Labute approximate surface area is 124 Å². The number of esters is 2. The maximum Gasteiger partial charge on any atom is 0.333 e. The highest BCUT2D eigenvalue weighted by Gasteiger charge is 2.68. The third kappa shape index (κ3) is 1.74. The Bertz CT molecular complexity index is 517. The molecule has 1 heterocycles. The largest absolute Gasteiger partial charge is 0.459 e. The van der Waals surface area contributed by atoms with Gasteiger partial charge in [-0.05, 0) is 51.4 Å². The van der Waals surface area contributed by atoms with Crippen molar-refractivity contribution in [1.29, 1.82) is 0 Å². The zero-order valence-electron chi connectivity index (χ0n) is 12.5. The fourth-order valence-electron chi connectivity index (χ4n) is 5.50. The smallest absolute Gasteiger partial charge is 0.333 e. The van der Waals surface area contributed by atoms with Crippen LogP contribution in [0, 0.1) is 23.7 Å². The highest BCUT2D eigenvalue weighted by molar-refractivity contribution is 5.87. The number of hydrogen-bond donors (Lipinski definition) is 0. The lowest BCUT2D eigenvalue weighted by atomic mass is 9.70. The van der Waals surface area contributed by atoms with E-state index in [1.165, 1.54) is 12.8 Å². The molecule has 3 saturated carbocycles. The summed E-state index contributed by atoms with van der Waals surface area (Å²) in [6.07, 6.45) is 6.18. The first kappa shape index (κ1) is 13.4. The molecule has 0 amide bonds. The molecule has 1 aliphatic heterocycles. The molecule has 4 heteroatoms. The molecule has 2 bridgehead atoms. The zero-order chi connectivity index (χ0) is 14.8. The normalized spacial score (nSPS) is 42.1. The summed E-state index contributed by atoms with van der Waals surface area (Å²) in [5.74, 6) is 0.613. The molecule has 0 aromatic rings. The molecule has 5 atom stereocenters. The molecule has 114 valence electrons. The van der Waals surface area contributed by atoms with Crippen molar-refractivity contribution in [2.75, 3.05) is 0 Å². The summed E-state index contributed by atoms with van der Waals surface area (Å²) in [7, 11) is 0. The fourth-order valence-corrected chi connectivity index (χ4v) is 5.50. The van der Waals surface area contributed by atoms with Gasteiger partial charge in [-0.15, -0.1) is 0 Å². The third-order valence-electron chi connectivity index (χ3n) is 6.18. The van der Waals surface area contributed by atoms with E-state index in [1.807, 2.05) is 0 Å². The topological polar surface area (TPSA) is 52.6 Å². The Hall–Kier alpha value is -1.32. The first-order chi connectivity index (χ1) is 10.0. The van der Waals surface area contributed by atoms with Gasteiger partial charge in [0.05, 0.1) is 5.92 Å². The molecule has 1 spiro atoms. The van der Waals surface area contributed by atoms with Gasteiger partial charge in [-0.2, -0.15) is 0 Å². The number of rotatable bonds is 2. The molecular formula is C17H22O4. The van der Waals surface area contributed by atoms with E-state index in [1.54, 1.807) is 6.92 Å². The summed E-state index contributed by atoms with van der Waals surface area (Å²) >= 11 is 0. The molecule has 4 aliphatic rings. The summed E-state index contributed by atoms with van der Waals surface area (Å²) in [6.45, 7) is 5.29. The van der Waals surface area contributed by atoms with Crippen molar-refractivity contribution in [3.8, 4) is 0 Å². The van der Waals surface area contributed by atoms with Crippen LogP contribution in [0.2, 0.25) is 0 Å². The number of carbonyl (C=O) groups is 2. The Morgan fingerprint density at radius 1 is 1.33 bits per heavy atom. The van der Waals surface area contributed by atoms with Crippen molar-refractivity contribution in [2.24, 2.45) is 23.7 Å². The van der Waals surface area contributed by atoms with Gasteiger partial charge in [-0.1, -0.05) is 6.58 Å². The average molecular weight is 290 g/mol. The maximum atomic E-state index is 12.4. The van der Waals surface area contributed by atoms with Crippen LogP contribution in [-0.2, 0) is 19.1 Å². The third-order valence-corrected chi connectivity index (χ3v) is 6.18. The van der Waals surface area contributed by atoms with E-state index in [0.29, 0.717) is 17.4 Å². The first-order valence-corrected chi connectivity index (χ1v) is 8.11. The lowest BCUT2D eigenvalue weighted by molar-refractivity contribution is -0.155. The molecule has 0 aromatic carbocycles. The monoisotopic (exact) mass is 290 g/mol. The van der Waals surface area contributed by atoms with Crippen molar-refractivity contribution in [1.82, 2.24) is 0 Å². The second-order valence-electron chi connectivity index (χ2n) is 7.36. The molecule has 4 fully saturated rings. The van der Waals surface area contributed by atoms with E-state index in [2.05, 4.69) is 6.58 Å². The fraction of sp³-hybridized carbons (Fsp3) is 0.765. The first-order valence-electron chi connectivity index (χ1n) is 8.11. The second kappa shape index (κ2) is 4.34. The Balaban J connectivity index is 1.56. The van der Waals surface area contributed by atoms with E-state index in [9.17, 15) is 9.59 Å². The van der Waals surface area contributed by atoms with Gasteiger partial charge in [0.2, 0.25) is 0 Å². The molecule has 4 rings (SSSR count). The standard InChI is InChI=1S/C17H22O4/c1-9(2)15(18)20-12-8-10-7-11(12)13-14(10)17(21-16(13)19)5-3-4-6-17/h10-14H,1,3-8H2,2H3. The molecule has 21 heavy (non-hydrogen) atoms. The molecule has 0 aromatic heterocycles. The predicted molar refractivity (Wildman–Crippen MR) is 75.2 cm³/mol. The lowest BCUT2D eigenvalue weighted by Gasteiger charge is -2.35. The minimum atomic E-state index is -0.328. The highest BCUT2D eigenvalue weighted by atomic mass is 16.6. The van der Waals surface area contributed by atoms with Crippen LogP contribution in [0.1, 0.15) is 45.4 Å². The van der Waals surface area contributed by atoms with Gasteiger partial charge < -0.3 is 9.47 Å². The maximum absolute atomic E-state index is 12.4. The SMILES string of the molecule is C=C(C)C(=O)OC1CC2CC1C1C(=O)OC3(CCCC3)C21. The zero-order valence-corrected chi connectivity index (χ0v) is 12.5. The van der Waals surface area contributed by atoms with Crippen LogP contribution < -0.4 is 0 Å². The predicted octanol–water partition coefficient (Wildman–Crippen LogP) is 2.62. The lowest BCUT2D eigenvalue weighted by Crippen LogP contribution is -2.41. The summed E-state index contributed by atoms with van der Waals surface area (Å²) in [5.41, 5.74) is 0.250. The van der Waals surface area contributed by atoms with Gasteiger partial charge >= 0.3 is 11.9 Å². The summed E-state index contributed by atoms with van der Waals surface area (Å²) < 4.78 is 11.4. The van der Waals surface area contributed by atoms with Crippen LogP contribution >= 0.6 is 0 Å². The van der Waals surface area contributed by atoms with Crippen molar-refractivity contribution in [2.45, 2.75) is 57.2 Å². The molecule has 3 aliphatic carbocycles. The molecule has 4 nitrogen and oxygen atoms in total. The second-order valence-corrected chi connectivity index (χ2v) is 7.36. The van der Waals surface area contributed by atoms with Gasteiger partial charge in [-0.25, -0.2) is 4.79 Å². The van der Waals surface area contributed by atoms with Crippen molar-refractivity contribution in [3.05, 3.63) is 12.2 Å². The molecule has 1 saturated heterocycles.